The Kier molecular flexibility index (Phi) is 4.20. The molecule has 0 radical (unpaired) electrons. The average Bonchev–Trinajstić information content (AvgIpc) is 2.87. The van der Waals surface area contributed by atoms with Crippen LogP contribution >= 0.6 is 0 Å². The third kappa shape index (κ3) is 2.83. The zero-order chi connectivity index (χ0) is 17.5. The van der Waals surface area contributed by atoms with Gasteiger partial charge in [0.1, 0.15) is 5.56 Å². The molecule has 2 atom stereocenters. The summed E-state index contributed by atoms with van der Waals surface area (Å²) in [4.78, 5) is 31.8. The maximum Gasteiger partial charge on any atom is 0.259 e. The third-order valence-electron chi connectivity index (χ3n) is 4.54. The van der Waals surface area contributed by atoms with E-state index in [4.69, 9.17) is 4.74 Å². The topological polar surface area (TPSA) is 96.9 Å². The zero-order valence-electron chi connectivity index (χ0n) is 13.5. The van der Waals surface area contributed by atoms with Crippen molar-refractivity contribution in [2.75, 3.05) is 31.7 Å². The molecule has 2 amide bonds. The number of methoxy groups -OCH3 is 1. The summed E-state index contributed by atoms with van der Waals surface area (Å²) in [6, 6.07) is 2.20. The van der Waals surface area contributed by atoms with Crippen molar-refractivity contribution in [3.63, 3.8) is 0 Å². The number of piperazine rings is 1. The first-order valence-electron chi connectivity index (χ1n) is 7.61. The van der Waals surface area contributed by atoms with Gasteiger partial charge in [0.15, 0.2) is 9.84 Å². The van der Waals surface area contributed by atoms with E-state index in [1.54, 1.807) is 17.0 Å². The van der Waals surface area contributed by atoms with Crippen molar-refractivity contribution in [2.24, 2.45) is 0 Å². The monoisotopic (exact) mass is 353 g/mol. The summed E-state index contributed by atoms with van der Waals surface area (Å²) in [5.41, 5.74) is 0.291. The minimum atomic E-state index is -3.29. The molecular weight excluding hydrogens is 334 g/mol. The number of carbonyl (C=O) groups is 2. The summed E-state index contributed by atoms with van der Waals surface area (Å²) in [6.07, 6.45) is 1.52. The molecule has 2 saturated heterocycles. The highest BCUT2D eigenvalue weighted by Gasteiger charge is 2.49. The first-order valence-corrected chi connectivity index (χ1v) is 9.44. The summed E-state index contributed by atoms with van der Waals surface area (Å²) in [7, 11) is -1.87. The Morgan fingerprint density at radius 1 is 1.21 bits per heavy atom. The van der Waals surface area contributed by atoms with Crippen molar-refractivity contribution in [2.45, 2.75) is 19.0 Å². The first-order chi connectivity index (χ1) is 11.3. The van der Waals surface area contributed by atoms with Crippen molar-refractivity contribution in [3.8, 4) is 5.88 Å². The number of rotatable bonds is 2. The number of hydrogen-bond acceptors (Lipinski definition) is 6. The van der Waals surface area contributed by atoms with E-state index in [2.05, 4.69) is 4.98 Å². The lowest BCUT2D eigenvalue weighted by molar-refractivity contribution is -0.133. The summed E-state index contributed by atoms with van der Waals surface area (Å²) < 4.78 is 29.3. The molecule has 2 aliphatic rings. The van der Waals surface area contributed by atoms with Crippen molar-refractivity contribution in [1.82, 2.24) is 14.8 Å². The average molecular weight is 353 g/mol. The fraction of sp³-hybridized carbons (Fsp3) is 0.533. The molecule has 1 aromatic rings. The van der Waals surface area contributed by atoms with Crippen LogP contribution in [0.3, 0.4) is 0 Å². The fourth-order valence-electron chi connectivity index (χ4n) is 3.47. The molecule has 0 aliphatic carbocycles. The minimum absolute atomic E-state index is 0.106. The normalized spacial score (nSPS) is 25.2. The lowest BCUT2D eigenvalue weighted by atomic mass is 10.0. The van der Waals surface area contributed by atoms with Crippen LogP contribution in [0.5, 0.6) is 5.88 Å². The van der Waals surface area contributed by atoms with Crippen LogP contribution in [0.25, 0.3) is 0 Å². The van der Waals surface area contributed by atoms with E-state index in [1.165, 1.54) is 25.1 Å². The highest BCUT2D eigenvalue weighted by atomic mass is 32.2. The molecule has 1 aromatic heterocycles. The number of ether oxygens (including phenoxy) is 1. The van der Waals surface area contributed by atoms with Gasteiger partial charge in [-0.25, -0.2) is 13.4 Å². The van der Waals surface area contributed by atoms with E-state index in [1.807, 2.05) is 0 Å². The molecule has 2 aliphatic heterocycles. The van der Waals surface area contributed by atoms with Gasteiger partial charge in [-0.3, -0.25) is 9.59 Å². The number of nitrogens with zero attached hydrogens (tertiary/aromatic N) is 3. The van der Waals surface area contributed by atoms with Gasteiger partial charge in [-0.05, 0) is 12.1 Å². The summed E-state index contributed by atoms with van der Waals surface area (Å²) >= 11 is 0. The predicted octanol–water partition coefficient (Wildman–Crippen LogP) is -0.440. The standard InChI is InChI=1S/C15H19N3O5S/c1-10(19)17-6-7-18(13-9-24(21,22)8-12(13)17)15(20)11-4-3-5-16-14(11)23-2/h3-5,12-13H,6-9H2,1-2H3/t12-,13+/m0/s1. The van der Waals surface area contributed by atoms with E-state index >= 15 is 0 Å². The number of sulfone groups is 1. The first kappa shape index (κ1) is 16.7. The molecule has 8 nitrogen and oxygen atoms in total. The van der Waals surface area contributed by atoms with E-state index < -0.39 is 21.9 Å². The van der Waals surface area contributed by atoms with Crippen molar-refractivity contribution >= 4 is 21.7 Å². The Labute approximate surface area is 140 Å². The fourth-order valence-corrected chi connectivity index (χ4v) is 5.45. The highest BCUT2D eigenvalue weighted by molar-refractivity contribution is 7.91. The van der Waals surface area contributed by atoms with E-state index in [-0.39, 0.29) is 35.7 Å². The Balaban J connectivity index is 1.94. The quantitative estimate of drug-likeness (QED) is 0.715. The van der Waals surface area contributed by atoms with E-state index in [9.17, 15) is 18.0 Å². The van der Waals surface area contributed by atoms with Crippen LogP contribution in [0.15, 0.2) is 18.3 Å². The van der Waals surface area contributed by atoms with Crippen LogP contribution in [-0.4, -0.2) is 78.8 Å². The van der Waals surface area contributed by atoms with Gasteiger partial charge in [-0.15, -0.1) is 0 Å². The summed E-state index contributed by atoms with van der Waals surface area (Å²) in [5.74, 6) is -0.529. The van der Waals surface area contributed by atoms with Gasteiger partial charge in [0.05, 0.1) is 30.7 Å². The van der Waals surface area contributed by atoms with E-state index in [0.717, 1.165) is 0 Å². The zero-order valence-corrected chi connectivity index (χ0v) is 14.3. The largest absolute Gasteiger partial charge is 0.480 e. The molecule has 0 bridgehead atoms. The Morgan fingerprint density at radius 3 is 2.46 bits per heavy atom. The molecule has 3 heterocycles. The van der Waals surface area contributed by atoms with Crippen molar-refractivity contribution in [1.29, 1.82) is 0 Å². The summed E-state index contributed by atoms with van der Waals surface area (Å²) in [6.45, 7) is 2.02. The summed E-state index contributed by atoms with van der Waals surface area (Å²) in [5, 5.41) is 0. The predicted molar refractivity (Wildman–Crippen MR) is 85.4 cm³/mol. The molecule has 0 N–H and O–H groups in total. The van der Waals surface area contributed by atoms with Crippen LogP contribution in [0.2, 0.25) is 0 Å². The Bertz CT molecular complexity index is 779. The lowest BCUT2D eigenvalue weighted by Gasteiger charge is -2.43. The molecule has 0 unspecified atom stereocenters. The molecule has 130 valence electrons. The van der Waals surface area contributed by atoms with Crippen molar-refractivity contribution < 1.29 is 22.7 Å². The Morgan fingerprint density at radius 2 is 1.83 bits per heavy atom. The number of amides is 2. The minimum Gasteiger partial charge on any atom is -0.480 e. The maximum atomic E-state index is 12.9. The molecular formula is C15H19N3O5S. The number of hydrogen-bond donors (Lipinski definition) is 0. The van der Waals surface area contributed by atoms with Gasteiger partial charge in [-0.2, -0.15) is 0 Å². The lowest BCUT2D eigenvalue weighted by Crippen LogP contribution is -2.61. The van der Waals surface area contributed by atoms with Gasteiger partial charge in [0.2, 0.25) is 11.8 Å². The van der Waals surface area contributed by atoms with Gasteiger partial charge < -0.3 is 14.5 Å². The maximum absolute atomic E-state index is 12.9. The Hall–Kier alpha value is -2.16. The van der Waals surface area contributed by atoms with Crippen LogP contribution in [0.1, 0.15) is 17.3 Å². The number of carbonyl (C=O) groups excluding carboxylic acids is 2. The van der Waals surface area contributed by atoms with Gasteiger partial charge >= 0.3 is 0 Å². The van der Waals surface area contributed by atoms with Gasteiger partial charge in [-0.1, -0.05) is 0 Å². The van der Waals surface area contributed by atoms with E-state index in [0.29, 0.717) is 12.1 Å². The molecule has 24 heavy (non-hydrogen) atoms. The molecule has 3 rings (SSSR count). The second kappa shape index (κ2) is 6.04. The highest BCUT2D eigenvalue weighted by Crippen LogP contribution is 2.29. The molecule has 9 heteroatoms. The number of pyridine rings is 1. The van der Waals surface area contributed by atoms with Gasteiger partial charge in [0, 0.05) is 26.2 Å². The molecule has 2 fully saturated rings. The SMILES string of the molecule is COc1ncccc1C(=O)N1CCN(C(C)=O)[C@H]2CS(=O)(=O)C[C@H]21. The number of fused-ring (bicyclic) bond motifs is 1. The second-order valence-corrected chi connectivity index (χ2v) is 8.14. The van der Waals surface area contributed by atoms with Crippen molar-refractivity contribution in [3.05, 3.63) is 23.9 Å². The van der Waals surface area contributed by atoms with Crippen LogP contribution in [0, 0.1) is 0 Å². The molecule has 0 saturated carbocycles. The van der Waals surface area contributed by atoms with Crippen LogP contribution < -0.4 is 4.74 Å². The third-order valence-corrected chi connectivity index (χ3v) is 6.24. The molecule has 0 spiro atoms. The van der Waals surface area contributed by atoms with Crippen LogP contribution in [-0.2, 0) is 14.6 Å². The second-order valence-electron chi connectivity index (χ2n) is 5.98. The number of aromatic nitrogens is 1. The molecule has 0 aromatic carbocycles. The van der Waals surface area contributed by atoms with Gasteiger partial charge in [0.25, 0.3) is 5.91 Å². The smallest absolute Gasteiger partial charge is 0.259 e. The van der Waals surface area contributed by atoms with Crippen LogP contribution in [0.4, 0.5) is 0 Å².